The van der Waals surface area contributed by atoms with Gasteiger partial charge in [0.1, 0.15) is 12.4 Å². The van der Waals surface area contributed by atoms with Crippen molar-refractivity contribution in [2.75, 3.05) is 32.8 Å². The molecule has 2 aliphatic heterocycles. The lowest BCUT2D eigenvalue weighted by molar-refractivity contribution is -0.164. The molecule has 0 bridgehead atoms. The Balaban J connectivity index is 1.31. The monoisotopic (exact) mass is 492 g/mol. The number of hydrogen-bond acceptors (Lipinski definition) is 6. The van der Waals surface area contributed by atoms with E-state index in [4.69, 9.17) is 21.1 Å². The summed E-state index contributed by atoms with van der Waals surface area (Å²) < 4.78 is 38.0. The zero-order valence-corrected chi connectivity index (χ0v) is 19.7. The molecule has 0 aromatic heterocycles. The highest BCUT2D eigenvalue weighted by Crippen LogP contribution is 2.30. The summed E-state index contributed by atoms with van der Waals surface area (Å²) in [5.41, 5.74) is 0.824. The van der Waals surface area contributed by atoms with Gasteiger partial charge in [-0.2, -0.15) is 4.31 Å². The molecule has 0 aliphatic carbocycles. The van der Waals surface area contributed by atoms with E-state index in [0.29, 0.717) is 17.2 Å². The van der Waals surface area contributed by atoms with Crippen LogP contribution in [0.1, 0.15) is 12.5 Å². The van der Waals surface area contributed by atoms with Crippen LogP contribution in [0.3, 0.4) is 0 Å². The SMILES string of the molecule is CC(OC(=O)C1COc2ccc(Cl)cc2C1)C(=O)N1CCN(S(=O)(=O)c2ccccc2)CC1. The predicted octanol–water partition coefficient (Wildman–Crippen LogP) is 2.36. The summed E-state index contributed by atoms with van der Waals surface area (Å²) in [6.45, 7) is 2.51. The zero-order chi connectivity index (χ0) is 23.6. The van der Waals surface area contributed by atoms with E-state index in [2.05, 4.69) is 0 Å². The third-order valence-electron chi connectivity index (χ3n) is 5.83. The molecule has 4 rings (SSSR count). The van der Waals surface area contributed by atoms with Crippen LogP contribution in [-0.2, 0) is 30.8 Å². The second kappa shape index (κ2) is 9.70. The Labute approximate surface area is 198 Å². The lowest BCUT2D eigenvalue weighted by Gasteiger charge is -2.35. The van der Waals surface area contributed by atoms with Crippen LogP contribution in [0.5, 0.6) is 5.75 Å². The molecule has 2 unspecified atom stereocenters. The third-order valence-corrected chi connectivity index (χ3v) is 7.98. The van der Waals surface area contributed by atoms with Gasteiger partial charge in [0.15, 0.2) is 6.10 Å². The Morgan fingerprint density at radius 2 is 1.79 bits per heavy atom. The Morgan fingerprint density at radius 3 is 2.48 bits per heavy atom. The van der Waals surface area contributed by atoms with Crippen LogP contribution in [0.15, 0.2) is 53.4 Å². The highest BCUT2D eigenvalue weighted by atomic mass is 35.5. The Morgan fingerprint density at radius 1 is 1.09 bits per heavy atom. The van der Waals surface area contributed by atoms with E-state index in [-0.39, 0.29) is 43.6 Å². The standard InChI is InChI=1S/C23H25ClN2O6S/c1-16(32-23(28)18-13-17-14-19(24)7-8-21(17)31-15-18)22(27)25-9-11-26(12-10-25)33(29,30)20-5-3-2-4-6-20/h2-8,14,16,18H,9-13,15H2,1H3. The fourth-order valence-corrected chi connectivity index (χ4v) is 5.62. The van der Waals surface area contributed by atoms with Gasteiger partial charge in [0, 0.05) is 31.2 Å². The molecule has 2 atom stereocenters. The summed E-state index contributed by atoms with van der Waals surface area (Å²) in [5.74, 6) is -0.693. The van der Waals surface area contributed by atoms with Crippen LogP contribution < -0.4 is 4.74 Å². The summed E-state index contributed by atoms with van der Waals surface area (Å²) in [6, 6.07) is 13.5. The number of nitrogens with zero attached hydrogens (tertiary/aromatic N) is 2. The molecule has 1 amide bonds. The van der Waals surface area contributed by atoms with E-state index >= 15 is 0 Å². The molecule has 0 radical (unpaired) electrons. The Bertz CT molecular complexity index is 1130. The fraction of sp³-hybridized carbons (Fsp3) is 0.391. The lowest BCUT2D eigenvalue weighted by atomic mass is 9.97. The molecule has 1 fully saturated rings. The first-order valence-electron chi connectivity index (χ1n) is 10.7. The van der Waals surface area contributed by atoms with Crippen LogP contribution in [0.2, 0.25) is 5.02 Å². The minimum atomic E-state index is -3.61. The zero-order valence-electron chi connectivity index (χ0n) is 18.1. The summed E-state index contributed by atoms with van der Waals surface area (Å²) in [4.78, 5) is 27.2. The van der Waals surface area contributed by atoms with Gasteiger partial charge in [-0.1, -0.05) is 29.8 Å². The van der Waals surface area contributed by atoms with Crippen LogP contribution in [-0.4, -0.2) is 68.4 Å². The van der Waals surface area contributed by atoms with Gasteiger partial charge in [-0.15, -0.1) is 0 Å². The molecule has 1 saturated heterocycles. The van der Waals surface area contributed by atoms with E-state index in [0.717, 1.165) is 5.56 Å². The molecule has 2 aliphatic rings. The molecular formula is C23H25ClN2O6S. The molecule has 2 aromatic carbocycles. The van der Waals surface area contributed by atoms with Crippen molar-refractivity contribution in [3.05, 3.63) is 59.1 Å². The number of piperazine rings is 1. The van der Waals surface area contributed by atoms with Gasteiger partial charge < -0.3 is 14.4 Å². The van der Waals surface area contributed by atoms with Crippen molar-refractivity contribution in [3.63, 3.8) is 0 Å². The van der Waals surface area contributed by atoms with Crippen molar-refractivity contribution in [2.24, 2.45) is 5.92 Å². The molecule has 0 N–H and O–H groups in total. The molecule has 176 valence electrons. The minimum absolute atomic E-state index is 0.171. The molecule has 2 heterocycles. The van der Waals surface area contributed by atoms with Crippen molar-refractivity contribution in [1.82, 2.24) is 9.21 Å². The first-order valence-corrected chi connectivity index (χ1v) is 12.5. The fourth-order valence-electron chi connectivity index (χ4n) is 3.98. The number of carbonyl (C=O) groups excluding carboxylic acids is 2. The number of sulfonamides is 1. The summed E-state index contributed by atoms with van der Waals surface area (Å²) in [5, 5.41) is 0.559. The van der Waals surface area contributed by atoms with E-state index in [1.54, 1.807) is 48.5 Å². The summed E-state index contributed by atoms with van der Waals surface area (Å²) >= 11 is 6.03. The maximum atomic E-state index is 12.8. The maximum absolute atomic E-state index is 12.8. The summed E-state index contributed by atoms with van der Waals surface area (Å²) in [7, 11) is -3.61. The average molecular weight is 493 g/mol. The molecule has 8 nitrogen and oxygen atoms in total. The largest absolute Gasteiger partial charge is 0.492 e. The molecule has 2 aromatic rings. The molecule has 10 heteroatoms. The number of amides is 1. The van der Waals surface area contributed by atoms with Gasteiger partial charge in [-0.05, 0) is 49.2 Å². The van der Waals surface area contributed by atoms with Crippen molar-refractivity contribution in [1.29, 1.82) is 0 Å². The lowest BCUT2D eigenvalue weighted by Crippen LogP contribution is -2.53. The van der Waals surface area contributed by atoms with Crippen LogP contribution in [0.25, 0.3) is 0 Å². The number of carbonyl (C=O) groups is 2. The van der Waals surface area contributed by atoms with E-state index in [9.17, 15) is 18.0 Å². The van der Waals surface area contributed by atoms with E-state index in [1.165, 1.54) is 16.1 Å². The van der Waals surface area contributed by atoms with Gasteiger partial charge in [0.25, 0.3) is 5.91 Å². The highest BCUT2D eigenvalue weighted by Gasteiger charge is 2.34. The Hall–Kier alpha value is -2.62. The molecule has 33 heavy (non-hydrogen) atoms. The average Bonchev–Trinajstić information content (AvgIpc) is 2.83. The molecule has 0 saturated carbocycles. The van der Waals surface area contributed by atoms with E-state index in [1.807, 2.05) is 0 Å². The number of esters is 1. The van der Waals surface area contributed by atoms with Crippen molar-refractivity contribution in [3.8, 4) is 5.75 Å². The minimum Gasteiger partial charge on any atom is -0.492 e. The molecular weight excluding hydrogens is 468 g/mol. The quantitative estimate of drug-likeness (QED) is 0.595. The molecule has 0 spiro atoms. The summed E-state index contributed by atoms with van der Waals surface area (Å²) in [6.07, 6.45) is -0.554. The van der Waals surface area contributed by atoms with Crippen molar-refractivity contribution < 1.29 is 27.5 Å². The normalized spacial score (nSPS) is 19.8. The number of ether oxygens (including phenoxy) is 2. The van der Waals surface area contributed by atoms with Gasteiger partial charge in [0.05, 0.1) is 10.8 Å². The second-order valence-electron chi connectivity index (χ2n) is 8.09. The number of benzene rings is 2. The maximum Gasteiger partial charge on any atom is 0.313 e. The predicted molar refractivity (Wildman–Crippen MR) is 121 cm³/mol. The first kappa shape index (κ1) is 23.5. The van der Waals surface area contributed by atoms with Crippen molar-refractivity contribution >= 4 is 33.5 Å². The number of halogens is 1. The van der Waals surface area contributed by atoms with Gasteiger partial charge in [-0.25, -0.2) is 8.42 Å². The van der Waals surface area contributed by atoms with Crippen LogP contribution in [0, 0.1) is 5.92 Å². The van der Waals surface area contributed by atoms with Gasteiger partial charge >= 0.3 is 5.97 Å². The van der Waals surface area contributed by atoms with Gasteiger partial charge in [0.2, 0.25) is 10.0 Å². The second-order valence-corrected chi connectivity index (χ2v) is 10.5. The first-order chi connectivity index (χ1) is 15.8. The van der Waals surface area contributed by atoms with Crippen molar-refractivity contribution in [2.45, 2.75) is 24.3 Å². The van der Waals surface area contributed by atoms with Gasteiger partial charge in [-0.3, -0.25) is 9.59 Å². The Kier molecular flexibility index (Phi) is 6.92. The number of fused-ring (bicyclic) bond motifs is 1. The third kappa shape index (κ3) is 5.15. The number of rotatable bonds is 5. The smallest absolute Gasteiger partial charge is 0.313 e. The number of hydrogen-bond donors (Lipinski definition) is 0. The van der Waals surface area contributed by atoms with E-state index < -0.39 is 28.0 Å². The van der Waals surface area contributed by atoms with Crippen LogP contribution >= 0.6 is 11.6 Å². The van der Waals surface area contributed by atoms with Crippen LogP contribution in [0.4, 0.5) is 0 Å². The highest BCUT2D eigenvalue weighted by molar-refractivity contribution is 7.89. The topological polar surface area (TPSA) is 93.2 Å².